The van der Waals surface area contributed by atoms with Gasteiger partial charge < -0.3 is 10.4 Å². The number of nitrogens with one attached hydrogen (secondary N) is 1. The highest BCUT2D eigenvalue weighted by Crippen LogP contribution is 2.32. The molecule has 2 N–H and O–H groups in total. The van der Waals surface area contributed by atoms with Crippen LogP contribution in [0, 0.1) is 0 Å². The van der Waals surface area contributed by atoms with Crippen LogP contribution in [0.1, 0.15) is 38.5 Å². The Morgan fingerprint density at radius 2 is 1.76 bits per heavy atom. The van der Waals surface area contributed by atoms with Crippen molar-refractivity contribution < 1.29 is 5.11 Å². The molecule has 1 aromatic rings. The number of hydrogen-bond donors (Lipinski definition) is 2. The van der Waals surface area contributed by atoms with E-state index in [2.05, 4.69) is 27.3 Å². The molecule has 0 unspecified atom stereocenters. The van der Waals surface area contributed by atoms with E-state index in [4.69, 9.17) is 0 Å². The van der Waals surface area contributed by atoms with Crippen molar-refractivity contribution in [2.75, 3.05) is 11.9 Å². The molecule has 17 heavy (non-hydrogen) atoms. The summed E-state index contributed by atoms with van der Waals surface area (Å²) in [5.74, 6) is 0. The minimum atomic E-state index is -0.125. The molecule has 0 bridgehead atoms. The van der Waals surface area contributed by atoms with Gasteiger partial charge in [0, 0.05) is 10.2 Å². The summed E-state index contributed by atoms with van der Waals surface area (Å²) in [7, 11) is 0. The first kappa shape index (κ1) is 12.9. The lowest BCUT2D eigenvalue weighted by Gasteiger charge is -2.33. The van der Waals surface area contributed by atoms with Crippen molar-refractivity contribution in [3.8, 4) is 0 Å². The third-order valence-electron chi connectivity index (χ3n) is 3.64. The summed E-state index contributed by atoms with van der Waals surface area (Å²) >= 11 is 3.55. The SMILES string of the molecule is OCC1(Nc2ccccc2Br)CCCCCC1. The highest BCUT2D eigenvalue weighted by atomic mass is 79.9. The Kier molecular flexibility index (Phi) is 4.46. The molecule has 1 aromatic carbocycles. The normalized spacial score (nSPS) is 19.6. The first-order valence-corrected chi connectivity index (χ1v) is 7.19. The molecule has 2 nitrogen and oxygen atoms in total. The van der Waals surface area contributed by atoms with Gasteiger partial charge in [-0.05, 0) is 40.9 Å². The molecule has 0 radical (unpaired) electrons. The number of halogens is 1. The number of para-hydroxylation sites is 1. The third-order valence-corrected chi connectivity index (χ3v) is 4.33. The van der Waals surface area contributed by atoms with Gasteiger partial charge >= 0.3 is 0 Å². The third kappa shape index (κ3) is 3.23. The lowest BCUT2D eigenvalue weighted by Crippen LogP contribution is -2.41. The number of rotatable bonds is 3. The molecule has 1 aliphatic rings. The molecule has 2 rings (SSSR count). The van der Waals surface area contributed by atoms with Gasteiger partial charge in [-0.3, -0.25) is 0 Å². The summed E-state index contributed by atoms with van der Waals surface area (Å²) in [4.78, 5) is 0. The Morgan fingerprint density at radius 1 is 1.12 bits per heavy atom. The van der Waals surface area contributed by atoms with E-state index in [1.54, 1.807) is 0 Å². The van der Waals surface area contributed by atoms with Crippen LogP contribution >= 0.6 is 15.9 Å². The molecule has 1 fully saturated rings. The highest BCUT2D eigenvalue weighted by Gasteiger charge is 2.30. The monoisotopic (exact) mass is 297 g/mol. The van der Waals surface area contributed by atoms with E-state index in [0.717, 1.165) is 23.0 Å². The molecule has 0 spiro atoms. The van der Waals surface area contributed by atoms with Gasteiger partial charge in [-0.25, -0.2) is 0 Å². The Hall–Kier alpha value is -0.540. The summed E-state index contributed by atoms with van der Waals surface area (Å²) in [6, 6.07) is 8.12. The van der Waals surface area contributed by atoms with Gasteiger partial charge in [0.25, 0.3) is 0 Å². The molecule has 0 amide bonds. The first-order valence-electron chi connectivity index (χ1n) is 6.39. The predicted molar refractivity (Wildman–Crippen MR) is 75.3 cm³/mol. The smallest absolute Gasteiger partial charge is 0.0661 e. The molecule has 3 heteroatoms. The first-order chi connectivity index (χ1) is 8.26. The maximum absolute atomic E-state index is 9.74. The lowest BCUT2D eigenvalue weighted by atomic mass is 9.90. The number of hydrogen-bond acceptors (Lipinski definition) is 2. The van der Waals surface area contributed by atoms with Gasteiger partial charge in [-0.2, -0.15) is 0 Å². The Morgan fingerprint density at radius 3 is 2.35 bits per heavy atom. The van der Waals surface area contributed by atoms with Crippen molar-refractivity contribution >= 4 is 21.6 Å². The van der Waals surface area contributed by atoms with Crippen molar-refractivity contribution in [3.63, 3.8) is 0 Å². The average Bonchev–Trinajstić information content (AvgIpc) is 2.58. The second kappa shape index (κ2) is 5.87. The number of aliphatic hydroxyl groups is 1. The van der Waals surface area contributed by atoms with Crippen LogP contribution in [0.4, 0.5) is 5.69 Å². The number of anilines is 1. The molecule has 0 aromatic heterocycles. The van der Waals surface area contributed by atoms with E-state index in [-0.39, 0.29) is 12.1 Å². The van der Waals surface area contributed by atoms with Crippen LogP contribution in [0.25, 0.3) is 0 Å². The molecule has 0 aliphatic heterocycles. The Labute approximate surface area is 112 Å². The van der Waals surface area contributed by atoms with E-state index < -0.39 is 0 Å². The van der Waals surface area contributed by atoms with E-state index in [9.17, 15) is 5.11 Å². The topological polar surface area (TPSA) is 32.3 Å². The Balaban J connectivity index is 2.15. The fourth-order valence-electron chi connectivity index (χ4n) is 2.58. The fraction of sp³-hybridized carbons (Fsp3) is 0.571. The molecule has 1 saturated carbocycles. The van der Waals surface area contributed by atoms with Crippen LogP contribution < -0.4 is 5.32 Å². The van der Waals surface area contributed by atoms with Crippen molar-refractivity contribution in [1.29, 1.82) is 0 Å². The second-order valence-electron chi connectivity index (χ2n) is 4.96. The molecule has 1 aliphatic carbocycles. The summed E-state index contributed by atoms with van der Waals surface area (Å²) in [6.07, 6.45) is 7.12. The molecule has 94 valence electrons. The Bertz CT molecular complexity index is 359. The zero-order chi connectivity index (χ0) is 12.1. The maximum atomic E-state index is 9.74. The van der Waals surface area contributed by atoms with Gasteiger partial charge in [0.15, 0.2) is 0 Å². The van der Waals surface area contributed by atoms with Gasteiger partial charge in [0.05, 0.1) is 12.1 Å². The summed E-state index contributed by atoms with van der Waals surface area (Å²) in [6.45, 7) is 0.217. The summed E-state index contributed by atoms with van der Waals surface area (Å²) in [5, 5.41) is 13.3. The highest BCUT2D eigenvalue weighted by molar-refractivity contribution is 9.10. The molecular weight excluding hydrogens is 278 g/mol. The predicted octanol–water partition coefficient (Wildman–Crippen LogP) is 3.95. The summed E-state index contributed by atoms with van der Waals surface area (Å²) in [5.41, 5.74) is 0.962. The van der Waals surface area contributed by atoms with Gasteiger partial charge in [0.1, 0.15) is 0 Å². The number of benzene rings is 1. The maximum Gasteiger partial charge on any atom is 0.0661 e. The largest absolute Gasteiger partial charge is 0.394 e. The van der Waals surface area contributed by atoms with Gasteiger partial charge in [0.2, 0.25) is 0 Å². The molecule has 0 saturated heterocycles. The minimum Gasteiger partial charge on any atom is -0.394 e. The fourth-order valence-corrected chi connectivity index (χ4v) is 2.96. The van der Waals surface area contributed by atoms with E-state index in [0.29, 0.717) is 0 Å². The van der Waals surface area contributed by atoms with E-state index in [1.807, 2.05) is 18.2 Å². The minimum absolute atomic E-state index is 0.125. The van der Waals surface area contributed by atoms with Gasteiger partial charge in [-0.1, -0.05) is 37.8 Å². The van der Waals surface area contributed by atoms with Crippen molar-refractivity contribution in [2.24, 2.45) is 0 Å². The van der Waals surface area contributed by atoms with E-state index >= 15 is 0 Å². The second-order valence-corrected chi connectivity index (χ2v) is 5.81. The van der Waals surface area contributed by atoms with Crippen molar-refractivity contribution in [3.05, 3.63) is 28.7 Å². The molecular formula is C14H20BrNO. The standard InChI is InChI=1S/C14H20BrNO/c15-12-7-3-4-8-13(12)16-14(11-17)9-5-1-2-6-10-14/h3-4,7-8,16-17H,1-2,5-6,9-11H2. The zero-order valence-electron chi connectivity index (χ0n) is 10.1. The van der Waals surface area contributed by atoms with Crippen LogP contribution in [-0.2, 0) is 0 Å². The molecule has 0 atom stereocenters. The van der Waals surface area contributed by atoms with Crippen LogP contribution in [0.5, 0.6) is 0 Å². The molecule has 0 heterocycles. The zero-order valence-corrected chi connectivity index (χ0v) is 11.7. The van der Waals surface area contributed by atoms with Crippen LogP contribution in [0.2, 0.25) is 0 Å². The lowest BCUT2D eigenvalue weighted by molar-refractivity contribution is 0.195. The summed E-state index contributed by atoms with van der Waals surface area (Å²) < 4.78 is 1.07. The van der Waals surface area contributed by atoms with E-state index in [1.165, 1.54) is 25.7 Å². The number of aliphatic hydroxyl groups excluding tert-OH is 1. The van der Waals surface area contributed by atoms with Crippen LogP contribution in [0.3, 0.4) is 0 Å². The van der Waals surface area contributed by atoms with Crippen molar-refractivity contribution in [1.82, 2.24) is 0 Å². The average molecular weight is 298 g/mol. The van der Waals surface area contributed by atoms with Crippen molar-refractivity contribution in [2.45, 2.75) is 44.1 Å². The van der Waals surface area contributed by atoms with Gasteiger partial charge in [-0.15, -0.1) is 0 Å². The quantitative estimate of drug-likeness (QED) is 0.828. The van der Waals surface area contributed by atoms with Crippen LogP contribution in [-0.4, -0.2) is 17.3 Å². The van der Waals surface area contributed by atoms with Crippen LogP contribution in [0.15, 0.2) is 28.7 Å².